The second-order valence-corrected chi connectivity index (χ2v) is 8.62. The SMILES string of the molecule is CCOC(=O)C1=C(C)NC2=C(C(=O)CC(c3ccccc3)C2)C1c1cccc(Br)c1. The smallest absolute Gasteiger partial charge is 0.336 e. The van der Waals surface area contributed by atoms with E-state index in [1.54, 1.807) is 6.92 Å². The predicted octanol–water partition coefficient (Wildman–Crippen LogP) is 5.37. The molecule has 2 unspecified atom stereocenters. The van der Waals surface area contributed by atoms with Gasteiger partial charge < -0.3 is 10.1 Å². The van der Waals surface area contributed by atoms with Gasteiger partial charge in [0.2, 0.25) is 0 Å². The molecule has 0 aromatic heterocycles. The van der Waals surface area contributed by atoms with Gasteiger partial charge in [-0.15, -0.1) is 0 Å². The second kappa shape index (κ2) is 8.60. The lowest BCUT2D eigenvalue weighted by atomic mass is 9.72. The lowest BCUT2D eigenvalue weighted by Gasteiger charge is -2.36. The van der Waals surface area contributed by atoms with Crippen LogP contribution in [0.2, 0.25) is 0 Å². The minimum atomic E-state index is -0.429. The summed E-state index contributed by atoms with van der Waals surface area (Å²) in [6.45, 7) is 3.97. The van der Waals surface area contributed by atoms with E-state index in [4.69, 9.17) is 4.74 Å². The number of benzene rings is 2. The summed E-state index contributed by atoms with van der Waals surface area (Å²) in [4.78, 5) is 26.3. The number of rotatable bonds is 4. The van der Waals surface area contributed by atoms with Gasteiger partial charge >= 0.3 is 5.97 Å². The molecule has 0 amide bonds. The van der Waals surface area contributed by atoms with Gasteiger partial charge in [0.05, 0.1) is 12.2 Å². The Morgan fingerprint density at radius 2 is 1.83 bits per heavy atom. The van der Waals surface area contributed by atoms with Gasteiger partial charge in [-0.2, -0.15) is 0 Å². The Morgan fingerprint density at radius 3 is 2.53 bits per heavy atom. The quantitative estimate of drug-likeness (QED) is 0.616. The molecule has 2 atom stereocenters. The summed E-state index contributed by atoms with van der Waals surface area (Å²) in [5.74, 6) is -0.596. The molecule has 1 aliphatic carbocycles. The van der Waals surface area contributed by atoms with Gasteiger partial charge in [-0.05, 0) is 49.4 Å². The van der Waals surface area contributed by atoms with E-state index in [2.05, 4.69) is 33.4 Å². The number of carbonyl (C=O) groups excluding carboxylic acids is 2. The van der Waals surface area contributed by atoms with Crippen molar-refractivity contribution in [1.29, 1.82) is 0 Å². The maximum Gasteiger partial charge on any atom is 0.336 e. The molecule has 0 bridgehead atoms. The molecular formula is C25H24BrNO3. The lowest BCUT2D eigenvalue weighted by molar-refractivity contribution is -0.138. The standard InChI is InChI=1S/C25H24BrNO3/c1-3-30-25(29)22-15(2)27-20-13-18(16-8-5-4-6-9-16)14-21(28)24(20)23(22)17-10-7-11-19(26)12-17/h4-12,18,23,27H,3,13-14H2,1-2H3. The number of hydrogen-bond acceptors (Lipinski definition) is 4. The van der Waals surface area contributed by atoms with Crippen LogP contribution in [0.3, 0.4) is 0 Å². The zero-order valence-electron chi connectivity index (χ0n) is 17.1. The minimum absolute atomic E-state index is 0.0804. The fourth-order valence-electron chi connectivity index (χ4n) is 4.50. The summed E-state index contributed by atoms with van der Waals surface area (Å²) < 4.78 is 6.27. The molecule has 4 rings (SSSR count). The van der Waals surface area contributed by atoms with E-state index in [9.17, 15) is 9.59 Å². The third kappa shape index (κ3) is 3.86. The first-order valence-corrected chi connectivity index (χ1v) is 11.0. The average Bonchev–Trinajstić information content (AvgIpc) is 2.73. The number of ether oxygens (including phenoxy) is 1. The van der Waals surface area contributed by atoms with Gasteiger partial charge in [0, 0.05) is 33.8 Å². The highest BCUT2D eigenvalue weighted by molar-refractivity contribution is 9.10. The third-order valence-electron chi connectivity index (χ3n) is 5.78. The first-order valence-electron chi connectivity index (χ1n) is 10.2. The predicted molar refractivity (Wildman–Crippen MR) is 120 cm³/mol. The number of nitrogens with one attached hydrogen (secondary N) is 1. The van der Waals surface area contributed by atoms with E-state index in [1.807, 2.05) is 49.4 Å². The van der Waals surface area contributed by atoms with Crippen molar-refractivity contribution in [2.24, 2.45) is 0 Å². The Labute approximate surface area is 185 Å². The molecule has 0 saturated heterocycles. The van der Waals surface area contributed by atoms with Crippen molar-refractivity contribution in [2.75, 3.05) is 6.61 Å². The highest BCUT2D eigenvalue weighted by Crippen LogP contribution is 2.45. The molecule has 2 aliphatic rings. The topological polar surface area (TPSA) is 55.4 Å². The van der Waals surface area contributed by atoms with Crippen molar-refractivity contribution in [3.63, 3.8) is 0 Å². The molecule has 30 heavy (non-hydrogen) atoms. The number of halogens is 1. The summed E-state index contributed by atoms with van der Waals surface area (Å²) in [5.41, 5.74) is 4.94. The van der Waals surface area contributed by atoms with Gasteiger partial charge in [0.1, 0.15) is 0 Å². The number of carbonyl (C=O) groups is 2. The van der Waals surface area contributed by atoms with Crippen molar-refractivity contribution >= 4 is 27.7 Å². The number of ketones is 1. The molecule has 2 aromatic carbocycles. The fourth-order valence-corrected chi connectivity index (χ4v) is 4.92. The van der Waals surface area contributed by atoms with Crippen LogP contribution in [-0.2, 0) is 14.3 Å². The third-order valence-corrected chi connectivity index (χ3v) is 6.27. The van der Waals surface area contributed by atoms with E-state index in [0.29, 0.717) is 17.6 Å². The van der Waals surface area contributed by atoms with Crippen molar-refractivity contribution < 1.29 is 14.3 Å². The molecular weight excluding hydrogens is 442 g/mol. The van der Waals surface area contributed by atoms with E-state index < -0.39 is 5.92 Å². The highest BCUT2D eigenvalue weighted by atomic mass is 79.9. The first kappa shape index (κ1) is 20.6. The molecule has 0 spiro atoms. The van der Waals surface area contributed by atoms with E-state index >= 15 is 0 Å². The zero-order chi connectivity index (χ0) is 21.3. The monoisotopic (exact) mass is 465 g/mol. The van der Waals surface area contributed by atoms with E-state index in [-0.39, 0.29) is 24.3 Å². The summed E-state index contributed by atoms with van der Waals surface area (Å²) in [6.07, 6.45) is 1.17. The molecule has 2 aromatic rings. The fraction of sp³-hybridized carbons (Fsp3) is 0.280. The lowest BCUT2D eigenvalue weighted by Crippen LogP contribution is -2.36. The molecule has 1 N–H and O–H groups in total. The van der Waals surface area contributed by atoms with Crippen molar-refractivity contribution in [3.8, 4) is 0 Å². The highest BCUT2D eigenvalue weighted by Gasteiger charge is 2.41. The molecule has 0 radical (unpaired) electrons. The summed E-state index contributed by atoms with van der Waals surface area (Å²) in [6, 6.07) is 18.0. The van der Waals surface area contributed by atoms with Crippen molar-refractivity contribution in [2.45, 2.75) is 38.5 Å². The normalized spacial score (nSPS) is 21.2. The van der Waals surface area contributed by atoms with Gasteiger partial charge in [-0.1, -0.05) is 58.4 Å². The Morgan fingerprint density at radius 1 is 1.10 bits per heavy atom. The molecule has 5 heteroatoms. The molecule has 4 nitrogen and oxygen atoms in total. The Hall–Kier alpha value is -2.66. The van der Waals surface area contributed by atoms with Gasteiger partial charge in [0.25, 0.3) is 0 Å². The number of esters is 1. The minimum Gasteiger partial charge on any atom is -0.463 e. The summed E-state index contributed by atoms with van der Waals surface area (Å²) in [7, 11) is 0. The molecule has 0 saturated carbocycles. The van der Waals surface area contributed by atoms with Gasteiger partial charge in [-0.3, -0.25) is 4.79 Å². The van der Waals surface area contributed by atoms with Gasteiger partial charge in [-0.25, -0.2) is 4.79 Å². The van der Waals surface area contributed by atoms with Crippen LogP contribution in [0.1, 0.15) is 49.7 Å². The molecule has 0 fully saturated rings. The van der Waals surface area contributed by atoms with Crippen LogP contribution < -0.4 is 5.32 Å². The maximum absolute atomic E-state index is 13.4. The number of dihydropyridines is 1. The molecule has 1 aliphatic heterocycles. The molecule has 154 valence electrons. The van der Waals surface area contributed by atoms with Crippen molar-refractivity contribution in [1.82, 2.24) is 5.32 Å². The van der Waals surface area contributed by atoms with Crippen molar-refractivity contribution in [3.05, 3.63) is 92.7 Å². The number of Topliss-reactive ketones (excluding diaryl/α,β-unsaturated/α-hetero) is 1. The number of allylic oxidation sites excluding steroid dienone is 3. The van der Waals surface area contributed by atoms with Crippen LogP contribution in [0.4, 0.5) is 0 Å². The van der Waals surface area contributed by atoms with Crippen LogP contribution in [0, 0.1) is 0 Å². The van der Waals surface area contributed by atoms with Crippen LogP contribution in [0.5, 0.6) is 0 Å². The second-order valence-electron chi connectivity index (χ2n) is 7.70. The molecule has 1 heterocycles. The maximum atomic E-state index is 13.4. The summed E-state index contributed by atoms with van der Waals surface area (Å²) >= 11 is 3.53. The van der Waals surface area contributed by atoms with Gasteiger partial charge in [0.15, 0.2) is 5.78 Å². The number of hydrogen-bond donors (Lipinski definition) is 1. The van der Waals surface area contributed by atoms with E-state index in [1.165, 1.54) is 0 Å². The average molecular weight is 466 g/mol. The largest absolute Gasteiger partial charge is 0.463 e. The van der Waals surface area contributed by atoms with Crippen LogP contribution >= 0.6 is 15.9 Å². The Balaban J connectivity index is 1.81. The summed E-state index contributed by atoms with van der Waals surface area (Å²) in [5, 5.41) is 3.38. The first-order chi connectivity index (χ1) is 14.5. The Kier molecular flexibility index (Phi) is 5.91. The zero-order valence-corrected chi connectivity index (χ0v) is 18.7. The van der Waals surface area contributed by atoms with Crippen LogP contribution in [-0.4, -0.2) is 18.4 Å². The van der Waals surface area contributed by atoms with E-state index in [0.717, 1.165) is 33.4 Å². The Bertz CT molecular complexity index is 1060. The van der Waals surface area contributed by atoms with Crippen LogP contribution in [0.25, 0.3) is 0 Å². The van der Waals surface area contributed by atoms with Crippen LogP contribution in [0.15, 0.2) is 81.6 Å².